The molecular formula is C23H29N3O2. The largest absolute Gasteiger partial charge is 0.326 e. The predicted octanol–water partition coefficient (Wildman–Crippen LogP) is 4.87. The average molecular weight is 380 g/mol. The summed E-state index contributed by atoms with van der Waals surface area (Å²) >= 11 is 0. The minimum atomic E-state index is -0.197. The lowest BCUT2D eigenvalue weighted by Crippen LogP contribution is -2.45. The van der Waals surface area contributed by atoms with E-state index in [1.165, 1.54) is 5.56 Å². The number of likely N-dealkylation sites (tertiary alicyclic amines) is 1. The molecule has 1 aliphatic heterocycles. The molecule has 2 aromatic rings. The van der Waals surface area contributed by atoms with Crippen molar-refractivity contribution in [3.8, 4) is 0 Å². The van der Waals surface area contributed by atoms with Gasteiger partial charge in [-0.05, 0) is 48.1 Å². The smallest absolute Gasteiger partial charge is 0.321 e. The van der Waals surface area contributed by atoms with Crippen LogP contribution in [0.25, 0.3) is 0 Å². The van der Waals surface area contributed by atoms with Crippen molar-refractivity contribution >= 4 is 23.3 Å². The molecule has 0 radical (unpaired) electrons. The third-order valence-corrected chi connectivity index (χ3v) is 5.12. The van der Waals surface area contributed by atoms with Crippen LogP contribution in [0, 0.1) is 5.92 Å². The fraction of sp³-hybridized carbons (Fsp3) is 0.391. The molecule has 0 saturated carbocycles. The summed E-state index contributed by atoms with van der Waals surface area (Å²) in [5, 5.41) is 5.90. The SMILES string of the molecule is CC(C)(C)c1ccc(NC(=O)[C@H]2CCCN(C(=O)Nc3ccccc3)C2)cc1. The van der Waals surface area contributed by atoms with Crippen LogP contribution in [0.15, 0.2) is 54.6 Å². The van der Waals surface area contributed by atoms with E-state index in [1.807, 2.05) is 42.5 Å². The van der Waals surface area contributed by atoms with E-state index in [4.69, 9.17) is 0 Å². The van der Waals surface area contributed by atoms with Crippen molar-refractivity contribution in [2.75, 3.05) is 23.7 Å². The second-order valence-corrected chi connectivity index (χ2v) is 8.40. The minimum absolute atomic E-state index is 0.0271. The number of nitrogens with one attached hydrogen (secondary N) is 2. The van der Waals surface area contributed by atoms with Crippen LogP contribution in [0.3, 0.4) is 0 Å². The molecule has 0 unspecified atom stereocenters. The van der Waals surface area contributed by atoms with Crippen molar-refractivity contribution in [2.24, 2.45) is 5.92 Å². The molecule has 1 fully saturated rings. The Morgan fingerprint density at radius 2 is 1.57 bits per heavy atom. The van der Waals surface area contributed by atoms with E-state index < -0.39 is 0 Å². The van der Waals surface area contributed by atoms with Gasteiger partial charge in [0.25, 0.3) is 0 Å². The quantitative estimate of drug-likeness (QED) is 0.799. The minimum Gasteiger partial charge on any atom is -0.326 e. The van der Waals surface area contributed by atoms with E-state index in [1.54, 1.807) is 4.90 Å². The molecule has 5 heteroatoms. The second-order valence-electron chi connectivity index (χ2n) is 8.40. The number of piperidine rings is 1. The molecule has 0 aromatic heterocycles. The Morgan fingerprint density at radius 1 is 0.929 bits per heavy atom. The molecule has 1 aliphatic rings. The highest BCUT2D eigenvalue weighted by molar-refractivity contribution is 5.94. The summed E-state index contributed by atoms with van der Waals surface area (Å²) in [6, 6.07) is 17.2. The molecule has 28 heavy (non-hydrogen) atoms. The van der Waals surface area contributed by atoms with E-state index in [9.17, 15) is 9.59 Å². The van der Waals surface area contributed by atoms with Gasteiger partial charge in [-0.3, -0.25) is 4.79 Å². The van der Waals surface area contributed by atoms with Gasteiger partial charge in [0.2, 0.25) is 5.91 Å². The predicted molar refractivity (Wildman–Crippen MR) is 114 cm³/mol. The molecule has 5 nitrogen and oxygen atoms in total. The lowest BCUT2D eigenvalue weighted by molar-refractivity contribution is -0.121. The number of anilines is 2. The monoisotopic (exact) mass is 379 g/mol. The van der Waals surface area contributed by atoms with Crippen molar-refractivity contribution in [3.05, 3.63) is 60.2 Å². The summed E-state index contributed by atoms with van der Waals surface area (Å²) in [7, 11) is 0. The molecule has 0 aliphatic carbocycles. The van der Waals surface area contributed by atoms with Gasteiger partial charge in [0, 0.05) is 24.5 Å². The Labute approximate surface area is 167 Å². The number of benzene rings is 2. The Morgan fingerprint density at radius 3 is 2.21 bits per heavy atom. The summed E-state index contributed by atoms with van der Waals surface area (Å²) in [5.74, 6) is -0.224. The van der Waals surface area contributed by atoms with Gasteiger partial charge in [-0.25, -0.2) is 4.79 Å². The Bertz CT molecular complexity index is 810. The number of para-hydroxylation sites is 1. The van der Waals surface area contributed by atoms with Crippen molar-refractivity contribution in [3.63, 3.8) is 0 Å². The maximum absolute atomic E-state index is 12.7. The molecule has 1 atom stereocenters. The Hall–Kier alpha value is -2.82. The number of carbonyl (C=O) groups is 2. The van der Waals surface area contributed by atoms with Gasteiger partial charge in [-0.15, -0.1) is 0 Å². The third kappa shape index (κ3) is 5.12. The van der Waals surface area contributed by atoms with Gasteiger partial charge in [0.15, 0.2) is 0 Å². The third-order valence-electron chi connectivity index (χ3n) is 5.12. The van der Waals surface area contributed by atoms with Crippen molar-refractivity contribution in [1.82, 2.24) is 4.90 Å². The first-order valence-corrected chi connectivity index (χ1v) is 9.85. The maximum Gasteiger partial charge on any atom is 0.321 e. The zero-order valence-corrected chi connectivity index (χ0v) is 16.9. The number of carbonyl (C=O) groups excluding carboxylic acids is 2. The number of hydrogen-bond donors (Lipinski definition) is 2. The summed E-state index contributed by atoms with van der Waals surface area (Å²) < 4.78 is 0. The lowest BCUT2D eigenvalue weighted by Gasteiger charge is -2.32. The van der Waals surface area contributed by atoms with Crippen molar-refractivity contribution < 1.29 is 9.59 Å². The van der Waals surface area contributed by atoms with Gasteiger partial charge >= 0.3 is 6.03 Å². The van der Waals surface area contributed by atoms with Crippen molar-refractivity contribution in [1.29, 1.82) is 0 Å². The number of hydrogen-bond acceptors (Lipinski definition) is 2. The van der Waals surface area contributed by atoms with Crippen LogP contribution in [0.2, 0.25) is 0 Å². The number of urea groups is 1. The van der Waals surface area contributed by atoms with E-state index in [-0.39, 0.29) is 23.3 Å². The molecule has 1 saturated heterocycles. The van der Waals surface area contributed by atoms with Crippen LogP contribution >= 0.6 is 0 Å². The van der Waals surface area contributed by atoms with Crippen LogP contribution < -0.4 is 10.6 Å². The first-order chi connectivity index (χ1) is 13.3. The fourth-order valence-electron chi connectivity index (χ4n) is 3.40. The van der Waals surface area contributed by atoms with E-state index in [0.29, 0.717) is 13.1 Å². The molecule has 0 spiro atoms. The maximum atomic E-state index is 12.7. The van der Waals surface area contributed by atoms with Gasteiger partial charge in [-0.1, -0.05) is 51.1 Å². The first kappa shape index (κ1) is 19.9. The van der Waals surface area contributed by atoms with Crippen molar-refractivity contribution in [2.45, 2.75) is 39.0 Å². The number of amides is 3. The second kappa shape index (κ2) is 8.46. The van der Waals surface area contributed by atoms with Gasteiger partial charge in [-0.2, -0.15) is 0 Å². The Balaban J connectivity index is 1.57. The molecule has 2 aromatic carbocycles. The normalized spacial score (nSPS) is 17.1. The molecule has 1 heterocycles. The van der Waals surface area contributed by atoms with Crippen LogP contribution in [-0.4, -0.2) is 29.9 Å². The standard InChI is InChI=1S/C23H29N3O2/c1-23(2,3)18-11-13-20(14-12-18)24-21(27)17-8-7-15-26(16-17)22(28)25-19-9-5-4-6-10-19/h4-6,9-14,17H,7-8,15-16H2,1-3H3,(H,24,27)(H,25,28)/t17-/m0/s1. The number of rotatable bonds is 3. The van der Waals surface area contributed by atoms with E-state index >= 15 is 0 Å². The van der Waals surface area contributed by atoms with E-state index in [0.717, 1.165) is 24.2 Å². The highest BCUT2D eigenvalue weighted by Gasteiger charge is 2.28. The molecular weight excluding hydrogens is 350 g/mol. The molecule has 3 rings (SSSR count). The van der Waals surface area contributed by atoms with Gasteiger partial charge in [0.1, 0.15) is 0 Å². The first-order valence-electron chi connectivity index (χ1n) is 9.85. The lowest BCUT2D eigenvalue weighted by atomic mass is 9.87. The topological polar surface area (TPSA) is 61.4 Å². The van der Waals surface area contributed by atoms with Crippen LogP contribution in [0.1, 0.15) is 39.2 Å². The zero-order chi connectivity index (χ0) is 20.1. The molecule has 148 valence electrons. The van der Waals surface area contributed by atoms with Crippen LogP contribution in [0.4, 0.5) is 16.2 Å². The molecule has 0 bridgehead atoms. The van der Waals surface area contributed by atoms with Crippen LogP contribution in [0.5, 0.6) is 0 Å². The number of nitrogens with zero attached hydrogens (tertiary/aromatic N) is 1. The molecule has 3 amide bonds. The van der Waals surface area contributed by atoms with Crippen LogP contribution in [-0.2, 0) is 10.2 Å². The average Bonchev–Trinajstić information content (AvgIpc) is 2.68. The van der Waals surface area contributed by atoms with E-state index in [2.05, 4.69) is 43.5 Å². The summed E-state index contributed by atoms with van der Waals surface area (Å²) in [6.45, 7) is 7.60. The fourth-order valence-corrected chi connectivity index (χ4v) is 3.40. The zero-order valence-electron chi connectivity index (χ0n) is 16.9. The van der Waals surface area contributed by atoms with Gasteiger partial charge < -0.3 is 15.5 Å². The van der Waals surface area contributed by atoms with Gasteiger partial charge in [0.05, 0.1) is 5.92 Å². The summed E-state index contributed by atoms with van der Waals surface area (Å²) in [5.41, 5.74) is 2.87. The summed E-state index contributed by atoms with van der Waals surface area (Å²) in [4.78, 5) is 26.9. The molecule has 2 N–H and O–H groups in total. The highest BCUT2D eigenvalue weighted by atomic mass is 16.2. The highest BCUT2D eigenvalue weighted by Crippen LogP contribution is 2.24. The Kier molecular flexibility index (Phi) is 6.02. The summed E-state index contributed by atoms with van der Waals surface area (Å²) in [6.07, 6.45) is 1.62.